The normalized spacial score (nSPS) is 11.1. The Balaban J connectivity index is 1.52. The molecule has 0 aliphatic carbocycles. The molecule has 38 heavy (non-hydrogen) atoms. The lowest BCUT2D eigenvalue weighted by atomic mass is 9.98. The number of rotatable bonds is 8. The van der Waals surface area contributed by atoms with Crippen LogP contribution in [0.15, 0.2) is 91.1 Å². The zero-order chi connectivity index (χ0) is 27.1. The predicted molar refractivity (Wildman–Crippen MR) is 139 cm³/mol. The van der Waals surface area contributed by atoms with Gasteiger partial charge in [-0.2, -0.15) is 13.2 Å². The lowest BCUT2D eigenvalue weighted by Gasteiger charge is -2.15. The van der Waals surface area contributed by atoms with Crippen molar-refractivity contribution in [3.8, 4) is 16.9 Å². The molecule has 0 aliphatic heterocycles. The van der Waals surface area contributed by atoms with Crippen LogP contribution in [0.5, 0.6) is 5.75 Å². The van der Waals surface area contributed by atoms with E-state index in [9.17, 15) is 22.8 Å². The largest absolute Gasteiger partial charge is 0.491 e. The molecule has 0 aliphatic rings. The van der Waals surface area contributed by atoms with Gasteiger partial charge < -0.3 is 15.4 Å². The van der Waals surface area contributed by atoms with Crippen LogP contribution in [-0.2, 0) is 17.4 Å². The SMILES string of the molecule is CC(=O)Nc1cc(NC(=O)c2ccccc2-c2ccc(C(F)(F)F)cc2)ccc1OCCc1ccccn1. The summed E-state index contributed by atoms with van der Waals surface area (Å²) < 4.78 is 44.7. The number of carbonyl (C=O) groups is 2. The number of anilines is 2. The smallest absolute Gasteiger partial charge is 0.416 e. The molecule has 0 saturated carbocycles. The summed E-state index contributed by atoms with van der Waals surface area (Å²) in [6.07, 6.45) is -2.18. The number of alkyl halides is 3. The van der Waals surface area contributed by atoms with Crippen molar-refractivity contribution in [3.63, 3.8) is 0 Å². The van der Waals surface area contributed by atoms with Crippen LogP contribution in [0.25, 0.3) is 11.1 Å². The van der Waals surface area contributed by atoms with E-state index in [1.54, 1.807) is 48.7 Å². The van der Waals surface area contributed by atoms with Gasteiger partial charge in [-0.05, 0) is 59.7 Å². The molecular weight excluding hydrogens is 495 g/mol. The van der Waals surface area contributed by atoms with Gasteiger partial charge in [-0.1, -0.05) is 36.4 Å². The summed E-state index contributed by atoms with van der Waals surface area (Å²) in [7, 11) is 0. The van der Waals surface area contributed by atoms with Gasteiger partial charge in [0.15, 0.2) is 0 Å². The van der Waals surface area contributed by atoms with Gasteiger partial charge in [0.2, 0.25) is 5.91 Å². The number of carbonyl (C=O) groups excluding carboxylic acids is 2. The molecular formula is C29H24F3N3O3. The molecule has 0 radical (unpaired) electrons. The highest BCUT2D eigenvalue weighted by Crippen LogP contribution is 2.33. The van der Waals surface area contributed by atoms with Gasteiger partial charge in [0.05, 0.1) is 17.9 Å². The molecule has 4 aromatic rings. The Morgan fingerprint density at radius 1 is 0.895 bits per heavy atom. The standard InChI is InChI=1S/C29H24F3N3O3/c1-19(36)34-26-18-23(13-14-27(26)38-17-15-22-6-4-5-16-33-22)35-28(37)25-8-3-2-7-24(25)20-9-11-21(12-10-20)29(30,31)32/h2-14,16,18H,15,17H2,1H3,(H,34,36)(H,35,37). The molecule has 6 nitrogen and oxygen atoms in total. The number of ether oxygens (including phenoxy) is 1. The first kappa shape index (κ1) is 26.4. The summed E-state index contributed by atoms with van der Waals surface area (Å²) in [6.45, 7) is 1.69. The van der Waals surface area contributed by atoms with Gasteiger partial charge in [-0.3, -0.25) is 14.6 Å². The molecule has 0 unspecified atom stereocenters. The fourth-order valence-electron chi connectivity index (χ4n) is 3.80. The minimum atomic E-state index is -4.45. The van der Waals surface area contributed by atoms with E-state index in [0.717, 1.165) is 17.8 Å². The zero-order valence-corrected chi connectivity index (χ0v) is 20.4. The topological polar surface area (TPSA) is 80.3 Å². The van der Waals surface area contributed by atoms with Gasteiger partial charge in [0.25, 0.3) is 5.91 Å². The molecule has 0 bridgehead atoms. The van der Waals surface area contributed by atoms with Crippen LogP contribution in [0.4, 0.5) is 24.5 Å². The Labute approximate surface area is 217 Å². The van der Waals surface area contributed by atoms with Crippen LogP contribution in [0.2, 0.25) is 0 Å². The summed E-state index contributed by atoms with van der Waals surface area (Å²) in [5.74, 6) is -0.340. The van der Waals surface area contributed by atoms with Gasteiger partial charge >= 0.3 is 6.18 Å². The maximum absolute atomic E-state index is 13.2. The van der Waals surface area contributed by atoms with Crippen LogP contribution in [0.3, 0.4) is 0 Å². The van der Waals surface area contributed by atoms with Gasteiger partial charge in [-0.25, -0.2) is 0 Å². The lowest BCUT2D eigenvalue weighted by molar-refractivity contribution is -0.137. The van der Waals surface area contributed by atoms with E-state index in [1.807, 2.05) is 18.2 Å². The highest BCUT2D eigenvalue weighted by atomic mass is 19.4. The van der Waals surface area contributed by atoms with Gasteiger partial charge in [-0.15, -0.1) is 0 Å². The molecule has 194 valence electrons. The zero-order valence-electron chi connectivity index (χ0n) is 20.4. The molecule has 0 fully saturated rings. The van der Waals surface area contributed by atoms with Crippen molar-refractivity contribution in [2.75, 3.05) is 17.2 Å². The van der Waals surface area contributed by atoms with Gasteiger partial charge in [0.1, 0.15) is 5.75 Å². The number of nitrogens with one attached hydrogen (secondary N) is 2. The molecule has 2 N–H and O–H groups in total. The summed E-state index contributed by atoms with van der Waals surface area (Å²) >= 11 is 0. The molecule has 9 heteroatoms. The van der Waals surface area contributed by atoms with E-state index in [-0.39, 0.29) is 11.5 Å². The van der Waals surface area contributed by atoms with Crippen molar-refractivity contribution in [3.05, 3.63) is 108 Å². The highest BCUT2D eigenvalue weighted by Gasteiger charge is 2.30. The first-order chi connectivity index (χ1) is 18.2. The summed E-state index contributed by atoms with van der Waals surface area (Å²) in [5, 5.41) is 5.50. The quantitative estimate of drug-likeness (QED) is 0.275. The Morgan fingerprint density at radius 2 is 1.63 bits per heavy atom. The van der Waals surface area contributed by atoms with Crippen molar-refractivity contribution < 1.29 is 27.5 Å². The Kier molecular flexibility index (Phi) is 8.06. The minimum Gasteiger partial charge on any atom is -0.491 e. The Hall–Kier alpha value is -4.66. The predicted octanol–water partition coefficient (Wildman–Crippen LogP) is 6.60. The van der Waals surface area contributed by atoms with E-state index in [1.165, 1.54) is 19.1 Å². The summed E-state index contributed by atoms with van der Waals surface area (Å²) in [5.41, 5.74) is 2.12. The Bertz CT molecular complexity index is 1420. The maximum atomic E-state index is 13.2. The van der Waals surface area contributed by atoms with Crippen molar-refractivity contribution >= 4 is 23.2 Å². The third kappa shape index (κ3) is 6.76. The summed E-state index contributed by atoms with van der Waals surface area (Å²) in [4.78, 5) is 29.2. The average molecular weight is 520 g/mol. The molecule has 4 rings (SSSR count). The monoisotopic (exact) mass is 519 g/mol. The highest BCUT2D eigenvalue weighted by molar-refractivity contribution is 6.09. The van der Waals surface area contributed by atoms with Crippen LogP contribution < -0.4 is 15.4 Å². The summed E-state index contributed by atoms with van der Waals surface area (Å²) in [6, 6.07) is 21.7. The van der Waals surface area contributed by atoms with Crippen molar-refractivity contribution in [2.24, 2.45) is 0 Å². The number of aromatic nitrogens is 1. The third-order valence-electron chi connectivity index (χ3n) is 5.58. The van der Waals surface area contributed by atoms with E-state index < -0.39 is 17.6 Å². The maximum Gasteiger partial charge on any atom is 0.416 e. The van der Waals surface area contributed by atoms with Crippen LogP contribution >= 0.6 is 0 Å². The third-order valence-corrected chi connectivity index (χ3v) is 5.58. The number of nitrogens with zero attached hydrogens (tertiary/aromatic N) is 1. The second-order valence-corrected chi connectivity index (χ2v) is 8.39. The Morgan fingerprint density at radius 3 is 2.32 bits per heavy atom. The average Bonchev–Trinajstić information content (AvgIpc) is 2.90. The van der Waals surface area contributed by atoms with Crippen LogP contribution in [0, 0.1) is 0 Å². The van der Waals surface area contributed by atoms with Crippen LogP contribution in [-0.4, -0.2) is 23.4 Å². The minimum absolute atomic E-state index is 0.282. The molecule has 1 aromatic heterocycles. The van der Waals surface area contributed by atoms with E-state index in [2.05, 4.69) is 15.6 Å². The number of hydrogen-bond acceptors (Lipinski definition) is 4. The first-order valence-electron chi connectivity index (χ1n) is 11.7. The number of halogens is 3. The molecule has 0 atom stereocenters. The lowest BCUT2D eigenvalue weighted by Crippen LogP contribution is -2.14. The van der Waals surface area contributed by atoms with Crippen molar-refractivity contribution in [1.29, 1.82) is 0 Å². The van der Waals surface area contributed by atoms with E-state index in [0.29, 0.717) is 41.3 Å². The first-order valence-corrected chi connectivity index (χ1v) is 11.7. The van der Waals surface area contributed by atoms with Crippen molar-refractivity contribution in [2.45, 2.75) is 19.5 Å². The fourth-order valence-corrected chi connectivity index (χ4v) is 3.80. The number of hydrogen-bond donors (Lipinski definition) is 2. The molecule has 3 aromatic carbocycles. The van der Waals surface area contributed by atoms with Crippen molar-refractivity contribution in [1.82, 2.24) is 4.98 Å². The van der Waals surface area contributed by atoms with E-state index >= 15 is 0 Å². The number of benzene rings is 3. The molecule has 1 heterocycles. The molecule has 2 amide bonds. The number of amides is 2. The number of pyridine rings is 1. The second kappa shape index (κ2) is 11.6. The second-order valence-electron chi connectivity index (χ2n) is 8.39. The fraction of sp³-hybridized carbons (Fsp3) is 0.138. The molecule has 0 spiro atoms. The van der Waals surface area contributed by atoms with Gasteiger partial charge in [0, 0.05) is 36.5 Å². The van der Waals surface area contributed by atoms with Crippen LogP contribution in [0.1, 0.15) is 28.5 Å². The van der Waals surface area contributed by atoms with E-state index in [4.69, 9.17) is 4.74 Å². The molecule has 0 saturated heterocycles.